The Morgan fingerprint density at radius 3 is 1.69 bits per heavy atom. The van der Waals surface area contributed by atoms with Crippen molar-refractivity contribution < 1.29 is 24.0 Å². The fourth-order valence-corrected chi connectivity index (χ4v) is 45.2. The van der Waals surface area contributed by atoms with Gasteiger partial charge in [0.1, 0.15) is 0 Å². The number of allylic oxidation sites excluding steroid dienone is 4. The van der Waals surface area contributed by atoms with Gasteiger partial charge in [0.15, 0.2) is 0 Å². The molecule has 0 heterocycles. The van der Waals surface area contributed by atoms with E-state index in [1.165, 1.54) is 24.8 Å². The predicted octanol–water partition coefficient (Wildman–Crippen LogP) is 6.27. The molecule has 4 bridgehead atoms. The standard InChI is InChI=1S/C14H23NO.C9H13.C2H7Ge.Hf/c1-11-4-12(2)6-13(3,5-11)9-14(7-11,8-12)10(15)16;1-6-5-7(2)9(4)8(6)3;1-3-2;/h4-9H2,1-3H3,(H2,15,16);6H,1-4H3;3H,1-2H3;/q;;;+1/p-1. The summed E-state index contributed by atoms with van der Waals surface area (Å²) in [5.41, 5.74) is 5.68. The van der Waals surface area contributed by atoms with Crippen molar-refractivity contribution in [3.8, 4) is 0 Å². The van der Waals surface area contributed by atoms with Crippen LogP contribution in [0.4, 0.5) is 0 Å². The molecule has 0 aromatic carbocycles. The quantitative estimate of drug-likeness (QED) is 0.368. The predicted molar refractivity (Wildman–Crippen MR) is 122 cm³/mol. The third kappa shape index (κ3) is 3.56. The van der Waals surface area contributed by atoms with Crippen molar-refractivity contribution in [1.82, 2.24) is 3.30 Å². The summed E-state index contributed by atoms with van der Waals surface area (Å²) < 4.78 is 5.69. The molecule has 4 fully saturated rings. The fraction of sp³-hybridized carbons (Fsp3) is 0.800. The van der Waals surface area contributed by atoms with Gasteiger partial charge < -0.3 is 0 Å². The third-order valence-corrected chi connectivity index (χ3v) is 47.7. The maximum absolute atomic E-state index is 14.1. The van der Waals surface area contributed by atoms with E-state index in [4.69, 9.17) is 0 Å². The normalized spacial score (nSPS) is 43.6. The number of hydrogen-bond acceptors (Lipinski definition) is 1. The second-order valence-electron chi connectivity index (χ2n) is 12.9. The molecule has 1 N–H and O–H groups in total. The summed E-state index contributed by atoms with van der Waals surface area (Å²) in [5.74, 6) is 6.18. The average molecular weight is 624 g/mol. The van der Waals surface area contributed by atoms with Crippen LogP contribution in [0.5, 0.6) is 0 Å². The molecule has 161 valence electrons. The summed E-state index contributed by atoms with van der Waals surface area (Å²) in [4.78, 5) is 14.1. The number of nitrogens with one attached hydrogen (secondary N) is 1. The first kappa shape index (κ1) is 22.6. The van der Waals surface area contributed by atoms with Crippen molar-refractivity contribution in [3.63, 3.8) is 0 Å². The molecule has 5 aliphatic carbocycles. The minimum absolute atomic E-state index is 0.0755. The maximum atomic E-state index is 14.1. The van der Waals surface area contributed by atoms with Gasteiger partial charge in [-0.15, -0.1) is 0 Å². The Hall–Kier alpha value is 0.363. The summed E-state index contributed by atoms with van der Waals surface area (Å²) in [6.07, 6.45) is 7.44. The van der Waals surface area contributed by atoms with Crippen molar-refractivity contribution in [3.05, 3.63) is 20.0 Å². The van der Waals surface area contributed by atoms with Gasteiger partial charge in [0.2, 0.25) is 0 Å². The zero-order valence-corrected chi connectivity index (χ0v) is 26.3. The van der Waals surface area contributed by atoms with E-state index in [-0.39, 0.29) is 5.41 Å². The van der Waals surface area contributed by atoms with E-state index in [0.29, 0.717) is 28.1 Å². The summed E-state index contributed by atoms with van der Waals surface area (Å²) in [6, 6.07) is 0. The van der Waals surface area contributed by atoms with E-state index in [2.05, 4.69) is 63.3 Å². The van der Waals surface area contributed by atoms with Gasteiger partial charge in [0.05, 0.1) is 0 Å². The molecule has 29 heavy (non-hydrogen) atoms. The Labute approximate surface area is 189 Å². The summed E-state index contributed by atoms with van der Waals surface area (Å²) in [7, 11) is -1.40. The number of rotatable bonds is 4. The van der Waals surface area contributed by atoms with Gasteiger partial charge in [-0.1, -0.05) is 0 Å². The van der Waals surface area contributed by atoms with Crippen molar-refractivity contribution in [2.24, 2.45) is 27.6 Å². The zero-order valence-electron chi connectivity index (χ0n) is 20.3. The first-order valence-corrected chi connectivity index (χ1v) is 32.2. The Morgan fingerprint density at radius 1 is 0.897 bits per heavy atom. The molecule has 4 saturated carbocycles. The van der Waals surface area contributed by atoms with Crippen LogP contribution in [0.3, 0.4) is 0 Å². The average Bonchev–Trinajstić information content (AvgIpc) is 2.71. The van der Waals surface area contributed by atoms with Gasteiger partial charge in [-0.25, -0.2) is 0 Å². The SMILES string of the molecule is CC1=C(C)C(C)[C]([Hf]([NH]C(=O)C23CC4(C)CC(C)(CC(C)(C4)C2)C3)[GeH]([CH3])[CH3])=C1C. The van der Waals surface area contributed by atoms with Gasteiger partial charge in [-0.2, -0.15) is 0 Å². The molecule has 1 amide bonds. The molecule has 5 rings (SSSR count). The van der Waals surface area contributed by atoms with Crippen LogP contribution in [-0.2, 0) is 24.0 Å². The summed E-state index contributed by atoms with van der Waals surface area (Å²) in [6.45, 7) is 16.8. The molecule has 0 spiro atoms. The van der Waals surface area contributed by atoms with E-state index in [0.717, 1.165) is 19.3 Å². The molecule has 5 aliphatic rings. The number of hydrogen-bond donors (Lipinski definition) is 1. The van der Waals surface area contributed by atoms with Crippen LogP contribution in [0.2, 0.25) is 11.5 Å². The second kappa shape index (κ2) is 6.93. The molecule has 0 aliphatic heterocycles. The van der Waals surface area contributed by atoms with E-state index in [9.17, 15) is 4.79 Å². The summed E-state index contributed by atoms with van der Waals surface area (Å²) in [5, 5.41) is 0. The van der Waals surface area contributed by atoms with Crippen molar-refractivity contribution in [2.75, 3.05) is 0 Å². The molecular weight excluding hydrogens is 581 g/mol. The van der Waals surface area contributed by atoms with Gasteiger partial charge in [0.25, 0.3) is 0 Å². The molecule has 1 atom stereocenters. The molecule has 2 nitrogen and oxygen atoms in total. The topological polar surface area (TPSA) is 29.1 Å². The van der Waals surface area contributed by atoms with Gasteiger partial charge >= 0.3 is 190 Å². The Bertz CT molecular complexity index is 771. The molecule has 0 saturated heterocycles. The molecule has 0 radical (unpaired) electrons. The van der Waals surface area contributed by atoms with Crippen molar-refractivity contribution in [1.29, 1.82) is 0 Å². The number of carbonyl (C=O) groups is 1. The zero-order chi connectivity index (χ0) is 21.6. The first-order chi connectivity index (χ1) is 13.2. The molecular formula is C25H42GeHfNO. The van der Waals surface area contributed by atoms with Crippen LogP contribution in [0.1, 0.15) is 87.0 Å². The first-order valence-electron chi connectivity index (χ1n) is 11.8. The molecule has 0 aromatic heterocycles. The number of carbonyl (C=O) groups excluding carboxylic acids is 1. The second-order valence-corrected chi connectivity index (χ2v) is 55.0. The molecule has 0 aromatic rings. The fourth-order valence-electron chi connectivity index (χ4n) is 9.11. The van der Waals surface area contributed by atoms with E-state index in [1.807, 2.05) is 0 Å². The Kier molecular flexibility index (Phi) is 5.39. The Balaban J connectivity index is 1.65. The molecule has 4 heteroatoms. The van der Waals surface area contributed by atoms with Crippen LogP contribution < -0.4 is 3.30 Å². The Morgan fingerprint density at radius 2 is 1.34 bits per heavy atom. The van der Waals surface area contributed by atoms with Crippen LogP contribution in [-0.4, -0.2) is 16.5 Å². The van der Waals surface area contributed by atoms with Gasteiger partial charge in [-0.3, -0.25) is 0 Å². The monoisotopic (exact) mass is 626 g/mol. The van der Waals surface area contributed by atoms with Crippen LogP contribution >= 0.6 is 0 Å². The van der Waals surface area contributed by atoms with Crippen LogP contribution in [0, 0.1) is 27.6 Å². The third-order valence-electron chi connectivity index (χ3n) is 9.09. The van der Waals surface area contributed by atoms with Crippen molar-refractivity contribution >= 4 is 16.5 Å². The molecule has 1 unspecified atom stereocenters. The minimum atomic E-state index is -2.30. The van der Waals surface area contributed by atoms with E-state index < -0.39 is 29.9 Å². The van der Waals surface area contributed by atoms with E-state index in [1.54, 1.807) is 14.5 Å². The van der Waals surface area contributed by atoms with Crippen molar-refractivity contribution in [2.45, 2.75) is 98.5 Å². The number of amides is 1. The van der Waals surface area contributed by atoms with Crippen LogP contribution in [0.25, 0.3) is 0 Å². The summed E-state index contributed by atoms with van der Waals surface area (Å²) >= 11 is -2.30. The van der Waals surface area contributed by atoms with Gasteiger partial charge in [-0.05, 0) is 0 Å². The van der Waals surface area contributed by atoms with E-state index >= 15 is 0 Å². The van der Waals surface area contributed by atoms with Gasteiger partial charge in [0, 0.05) is 0 Å². The van der Waals surface area contributed by atoms with Crippen LogP contribution in [0.15, 0.2) is 20.0 Å².